The molecule has 0 radical (unpaired) electrons. The molecule has 2 rings (SSSR count). The van der Waals surface area contributed by atoms with Crippen LogP contribution >= 0.6 is 0 Å². The van der Waals surface area contributed by atoms with E-state index in [1.54, 1.807) is 29.2 Å². The summed E-state index contributed by atoms with van der Waals surface area (Å²) < 4.78 is 7.36. The first kappa shape index (κ1) is 12.9. The maximum atomic E-state index is 8.75. The van der Waals surface area contributed by atoms with E-state index in [9.17, 15) is 0 Å². The number of nitrogens with zero attached hydrogens (tertiary/aromatic N) is 4. The molecule has 0 aliphatic carbocycles. The molecule has 0 fully saturated rings. The minimum absolute atomic E-state index is 0.0506. The van der Waals surface area contributed by atoms with Gasteiger partial charge in [0.05, 0.1) is 18.0 Å². The second kappa shape index (κ2) is 5.38. The Morgan fingerprint density at radius 1 is 1.53 bits per heavy atom. The number of nitrogens with two attached hydrogens (primary N) is 1. The van der Waals surface area contributed by atoms with Crippen LogP contribution in [0.4, 0.5) is 0 Å². The van der Waals surface area contributed by atoms with E-state index in [1.165, 1.54) is 0 Å². The molecular formula is C12H15N5O2. The van der Waals surface area contributed by atoms with Crippen molar-refractivity contribution >= 4 is 5.84 Å². The number of ether oxygens (including phenoxy) is 1. The van der Waals surface area contributed by atoms with Crippen LogP contribution in [0.1, 0.15) is 18.2 Å². The molecule has 0 aliphatic heterocycles. The molecule has 0 aliphatic rings. The monoisotopic (exact) mass is 261 g/mol. The molecule has 0 atom stereocenters. The summed E-state index contributed by atoms with van der Waals surface area (Å²) in [4.78, 5) is 4.24. The van der Waals surface area contributed by atoms with Crippen molar-refractivity contribution < 1.29 is 9.94 Å². The topological polar surface area (TPSA) is 98.6 Å². The second-order valence-corrected chi connectivity index (χ2v) is 3.92. The van der Waals surface area contributed by atoms with Crippen molar-refractivity contribution in [3.63, 3.8) is 0 Å². The van der Waals surface area contributed by atoms with Gasteiger partial charge in [0.15, 0.2) is 11.6 Å². The Bertz CT molecular complexity index is 606. The fraction of sp³-hybridized carbons (Fsp3) is 0.250. The van der Waals surface area contributed by atoms with Gasteiger partial charge in [0.2, 0.25) is 5.88 Å². The molecule has 0 amide bonds. The second-order valence-electron chi connectivity index (χ2n) is 3.92. The van der Waals surface area contributed by atoms with Gasteiger partial charge in [0.25, 0.3) is 0 Å². The van der Waals surface area contributed by atoms with E-state index >= 15 is 0 Å². The summed E-state index contributed by atoms with van der Waals surface area (Å²) in [5.41, 5.74) is 6.79. The van der Waals surface area contributed by atoms with Crippen molar-refractivity contribution in [1.82, 2.24) is 14.8 Å². The van der Waals surface area contributed by atoms with E-state index in [2.05, 4.69) is 15.2 Å². The van der Waals surface area contributed by atoms with Crippen molar-refractivity contribution in [2.24, 2.45) is 10.9 Å². The normalized spacial score (nSPS) is 11.6. The summed E-state index contributed by atoms with van der Waals surface area (Å²) in [5.74, 6) is 0.781. The Kier molecular flexibility index (Phi) is 3.65. The first-order valence-corrected chi connectivity index (χ1v) is 5.80. The zero-order chi connectivity index (χ0) is 13.8. The van der Waals surface area contributed by atoms with Crippen LogP contribution in [0.25, 0.3) is 0 Å². The minimum Gasteiger partial charge on any atom is -0.435 e. The van der Waals surface area contributed by atoms with Gasteiger partial charge in [-0.15, -0.1) is 0 Å². The Hall–Kier alpha value is -2.57. The van der Waals surface area contributed by atoms with Gasteiger partial charge in [-0.2, -0.15) is 5.10 Å². The van der Waals surface area contributed by atoms with Gasteiger partial charge in [0, 0.05) is 12.2 Å². The van der Waals surface area contributed by atoms with E-state index in [1.807, 2.05) is 13.8 Å². The van der Waals surface area contributed by atoms with Gasteiger partial charge < -0.3 is 15.7 Å². The van der Waals surface area contributed by atoms with Crippen LogP contribution in [0.5, 0.6) is 11.6 Å². The summed E-state index contributed by atoms with van der Waals surface area (Å²) >= 11 is 0. The number of amidine groups is 1. The molecule has 0 aromatic carbocycles. The predicted molar refractivity (Wildman–Crippen MR) is 69.5 cm³/mol. The standard InChI is InChI=1S/C12H15N5O2/c1-3-17-7-9(6-14-17)19-12-10(11(13)16-18)5-4-8(2)15-12/h4-7,18H,3H2,1-2H3,(H2,13,16). The highest BCUT2D eigenvalue weighted by atomic mass is 16.5. The maximum Gasteiger partial charge on any atom is 0.230 e. The lowest BCUT2D eigenvalue weighted by Crippen LogP contribution is -2.15. The first-order valence-electron chi connectivity index (χ1n) is 5.80. The lowest BCUT2D eigenvalue weighted by atomic mass is 10.2. The average molecular weight is 261 g/mol. The van der Waals surface area contributed by atoms with Crippen LogP contribution in [0.3, 0.4) is 0 Å². The Morgan fingerprint density at radius 2 is 2.32 bits per heavy atom. The van der Waals surface area contributed by atoms with Crippen molar-refractivity contribution in [3.8, 4) is 11.6 Å². The molecule has 7 nitrogen and oxygen atoms in total. The molecule has 0 bridgehead atoms. The van der Waals surface area contributed by atoms with E-state index in [0.717, 1.165) is 12.2 Å². The quantitative estimate of drug-likeness (QED) is 0.376. The Morgan fingerprint density at radius 3 is 2.95 bits per heavy atom. The summed E-state index contributed by atoms with van der Waals surface area (Å²) in [5, 5.41) is 15.8. The fourth-order valence-electron chi connectivity index (χ4n) is 1.54. The third kappa shape index (κ3) is 2.82. The van der Waals surface area contributed by atoms with Crippen LogP contribution in [-0.2, 0) is 6.54 Å². The minimum atomic E-state index is -0.0506. The molecule has 2 aromatic rings. The van der Waals surface area contributed by atoms with Crippen LogP contribution < -0.4 is 10.5 Å². The number of oxime groups is 1. The van der Waals surface area contributed by atoms with Gasteiger partial charge in [-0.1, -0.05) is 5.16 Å². The lowest BCUT2D eigenvalue weighted by molar-refractivity contribution is 0.318. The molecule has 2 heterocycles. The molecule has 2 aromatic heterocycles. The van der Waals surface area contributed by atoms with Gasteiger partial charge in [0.1, 0.15) is 0 Å². The third-order valence-electron chi connectivity index (χ3n) is 2.53. The molecule has 0 unspecified atom stereocenters. The largest absolute Gasteiger partial charge is 0.435 e. The number of aromatic nitrogens is 3. The molecule has 0 spiro atoms. The van der Waals surface area contributed by atoms with Crippen molar-refractivity contribution in [1.29, 1.82) is 0 Å². The number of hydrogen-bond acceptors (Lipinski definition) is 5. The molecule has 19 heavy (non-hydrogen) atoms. The van der Waals surface area contributed by atoms with Gasteiger partial charge in [-0.3, -0.25) is 4.68 Å². The first-order chi connectivity index (χ1) is 9.13. The number of rotatable bonds is 4. The molecule has 0 saturated heterocycles. The number of pyridine rings is 1. The zero-order valence-electron chi connectivity index (χ0n) is 10.7. The number of aryl methyl sites for hydroxylation is 2. The van der Waals surface area contributed by atoms with Crippen LogP contribution in [0, 0.1) is 6.92 Å². The van der Waals surface area contributed by atoms with Crippen LogP contribution in [0.15, 0.2) is 29.7 Å². The predicted octanol–water partition coefficient (Wildman–Crippen LogP) is 1.49. The molecule has 0 saturated carbocycles. The van der Waals surface area contributed by atoms with Crippen molar-refractivity contribution in [3.05, 3.63) is 35.8 Å². The Balaban J connectivity index is 2.35. The Labute approximate surface area is 110 Å². The lowest BCUT2D eigenvalue weighted by Gasteiger charge is -2.08. The highest BCUT2D eigenvalue weighted by molar-refractivity contribution is 5.99. The fourth-order valence-corrected chi connectivity index (χ4v) is 1.54. The molecule has 7 heteroatoms. The zero-order valence-corrected chi connectivity index (χ0v) is 10.7. The van der Waals surface area contributed by atoms with E-state index in [-0.39, 0.29) is 11.7 Å². The summed E-state index contributed by atoms with van der Waals surface area (Å²) in [6, 6.07) is 3.45. The smallest absolute Gasteiger partial charge is 0.230 e. The van der Waals surface area contributed by atoms with E-state index in [4.69, 9.17) is 15.7 Å². The van der Waals surface area contributed by atoms with E-state index < -0.39 is 0 Å². The maximum absolute atomic E-state index is 8.75. The van der Waals surface area contributed by atoms with Crippen molar-refractivity contribution in [2.75, 3.05) is 0 Å². The highest BCUT2D eigenvalue weighted by Crippen LogP contribution is 2.23. The van der Waals surface area contributed by atoms with Gasteiger partial charge in [-0.05, 0) is 26.0 Å². The number of hydrogen-bond donors (Lipinski definition) is 2. The molecule has 100 valence electrons. The highest BCUT2D eigenvalue weighted by Gasteiger charge is 2.12. The molecular weight excluding hydrogens is 246 g/mol. The van der Waals surface area contributed by atoms with E-state index in [0.29, 0.717) is 11.3 Å². The van der Waals surface area contributed by atoms with Gasteiger partial charge in [-0.25, -0.2) is 4.98 Å². The summed E-state index contributed by atoms with van der Waals surface area (Å²) in [6.45, 7) is 4.56. The van der Waals surface area contributed by atoms with Crippen molar-refractivity contribution in [2.45, 2.75) is 20.4 Å². The van der Waals surface area contributed by atoms with Gasteiger partial charge >= 0.3 is 0 Å². The van der Waals surface area contributed by atoms with Crippen LogP contribution in [-0.4, -0.2) is 25.8 Å². The SMILES string of the molecule is CCn1cc(Oc2nc(C)ccc2/C(N)=N/O)cn1. The van der Waals surface area contributed by atoms with Crippen LogP contribution in [0.2, 0.25) is 0 Å². The summed E-state index contributed by atoms with van der Waals surface area (Å²) in [6.07, 6.45) is 3.34. The summed E-state index contributed by atoms with van der Waals surface area (Å²) in [7, 11) is 0. The average Bonchev–Trinajstić information content (AvgIpc) is 2.86. The molecule has 3 N–H and O–H groups in total. The third-order valence-corrected chi connectivity index (χ3v) is 2.53.